The van der Waals surface area contributed by atoms with Gasteiger partial charge in [-0.2, -0.15) is 0 Å². The number of hydrogen-bond acceptors (Lipinski definition) is 4. The van der Waals surface area contributed by atoms with Crippen molar-refractivity contribution in [3.63, 3.8) is 0 Å². The van der Waals surface area contributed by atoms with Crippen molar-refractivity contribution in [1.82, 2.24) is 9.97 Å². The molecule has 0 fully saturated rings. The van der Waals surface area contributed by atoms with Gasteiger partial charge in [-0.1, -0.05) is 25.5 Å². The Kier molecular flexibility index (Phi) is 4.56. The number of anilines is 1. The van der Waals surface area contributed by atoms with E-state index in [0.29, 0.717) is 5.82 Å². The molecule has 4 heteroatoms. The highest BCUT2D eigenvalue weighted by Crippen LogP contribution is 2.28. The third kappa shape index (κ3) is 3.26. The number of nitrogen functional groups attached to an aromatic ring is 1. The summed E-state index contributed by atoms with van der Waals surface area (Å²) in [5.74, 6) is 1.41. The molecule has 0 bridgehead atoms. The van der Waals surface area contributed by atoms with Gasteiger partial charge in [0.15, 0.2) is 0 Å². The smallest absolute Gasteiger partial charge is 0.130 e. The zero-order valence-corrected chi connectivity index (χ0v) is 12.3. The van der Waals surface area contributed by atoms with E-state index in [1.54, 1.807) is 0 Å². The van der Waals surface area contributed by atoms with Crippen LogP contribution in [0.25, 0.3) is 11.3 Å². The molecule has 1 heterocycles. The number of benzene rings is 1. The Morgan fingerprint density at radius 2 is 2.05 bits per heavy atom. The van der Waals surface area contributed by atoms with Crippen LogP contribution in [0.1, 0.15) is 32.8 Å². The molecular formula is C16H21N3O. The second kappa shape index (κ2) is 6.37. The number of ether oxygens (including phenoxy) is 1. The van der Waals surface area contributed by atoms with Crippen molar-refractivity contribution in [2.75, 3.05) is 5.73 Å². The van der Waals surface area contributed by atoms with E-state index >= 15 is 0 Å². The van der Waals surface area contributed by atoms with Gasteiger partial charge in [0.1, 0.15) is 17.9 Å². The predicted octanol–water partition coefficient (Wildman–Crippen LogP) is 3.47. The van der Waals surface area contributed by atoms with Crippen molar-refractivity contribution < 1.29 is 4.74 Å². The van der Waals surface area contributed by atoms with Crippen LogP contribution in [0.3, 0.4) is 0 Å². The molecule has 1 aromatic carbocycles. The largest absolute Gasteiger partial charge is 0.491 e. The molecule has 0 radical (unpaired) electrons. The van der Waals surface area contributed by atoms with Gasteiger partial charge in [-0.05, 0) is 32.4 Å². The third-order valence-electron chi connectivity index (χ3n) is 2.96. The van der Waals surface area contributed by atoms with Crippen molar-refractivity contribution in [2.24, 2.45) is 0 Å². The first-order valence-electron chi connectivity index (χ1n) is 6.98. The van der Waals surface area contributed by atoms with Gasteiger partial charge < -0.3 is 10.5 Å². The summed E-state index contributed by atoms with van der Waals surface area (Å²) in [5.41, 5.74) is 8.90. The minimum absolute atomic E-state index is 0.149. The van der Waals surface area contributed by atoms with Gasteiger partial charge >= 0.3 is 0 Å². The Bertz CT molecular complexity index is 582. The van der Waals surface area contributed by atoms with Gasteiger partial charge in [0.2, 0.25) is 0 Å². The number of rotatable bonds is 5. The minimum Gasteiger partial charge on any atom is -0.491 e. The van der Waals surface area contributed by atoms with E-state index in [1.165, 1.54) is 6.33 Å². The Labute approximate surface area is 120 Å². The van der Waals surface area contributed by atoms with E-state index in [2.05, 4.69) is 16.9 Å². The van der Waals surface area contributed by atoms with Crippen LogP contribution in [0.4, 0.5) is 5.82 Å². The topological polar surface area (TPSA) is 61.0 Å². The highest BCUT2D eigenvalue weighted by molar-refractivity contribution is 5.68. The second-order valence-corrected chi connectivity index (χ2v) is 5.03. The fourth-order valence-electron chi connectivity index (χ4n) is 2.16. The van der Waals surface area contributed by atoms with Crippen LogP contribution in [0.2, 0.25) is 0 Å². The molecule has 2 rings (SSSR count). The molecule has 0 amide bonds. The third-order valence-corrected chi connectivity index (χ3v) is 2.96. The Hall–Kier alpha value is -2.10. The van der Waals surface area contributed by atoms with E-state index in [1.807, 2.05) is 38.1 Å². The molecule has 4 nitrogen and oxygen atoms in total. The summed E-state index contributed by atoms with van der Waals surface area (Å²) < 4.78 is 5.73. The van der Waals surface area contributed by atoms with Crippen molar-refractivity contribution in [1.29, 1.82) is 0 Å². The molecule has 0 saturated carbocycles. The second-order valence-electron chi connectivity index (χ2n) is 5.03. The average Bonchev–Trinajstić information content (AvgIpc) is 2.41. The van der Waals surface area contributed by atoms with Gasteiger partial charge in [0, 0.05) is 11.1 Å². The van der Waals surface area contributed by atoms with Crippen LogP contribution in [0.15, 0.2) is 30.6 Å². The molecule has 0 unspecified atom stereocenters. The molecule has 0 aliphatic carbocycles. The van der Waals surface area contributed by atoms with Crippen LogP contribution in [-0.2, 0) is 6.42 Å². The lowest BCUT2D eigenvalue weighted by Crippen LogP contribution is -2.06. The summed E-state index contributed by atoms with van der Waals surface area (Å²) in [6.07, 6.45) is 3.54. The molecule has 20 heavy (non-hydrogen) atoms. The SMILES string of the molecule is CCCc1c(N)ncnc1-c1cccc(OC(C)C)c1. The first kappa shape index (κ1) is 14.3. The lowest BCUT2D eigenvalue weighted by Gasteiger charge is -2.13. The summed E-state index contributed by atoms with van der Waals surface area (Å²) in [7, 11) is 0. The summed E-state index contributed by atoms with van der Waals surface area (Å²) in [6, 6.07) is 7.95. The maximum Gasteiger partial charge on any atom is 0.130 e. The number of aromatic nitrogens is 2. The molecule has 106 valence electrons. The monoisotopic (exact) mass is 271 g/mol. The average molecular weight is 271 g/mol. The lowest BCUT2D eigenvalue weighted by atomic mass is 10.0. The number of nitrogens with zero attached hydrogens (tertiary/aromatic N) is 2. The van der Waals surface area contributed by atoms with E-state index in [9.17, 15) is 0 Å². The fourth-order valence-corrected chi connectivity index (χ4v) is 2.16. The van der Waals surface area contributed by atoms with Crippen LogP contribution >= 0.6 is 0 Å². The fraction of sp³-hybridized carbons (Fsp3) is 0.375. The molecule has 0 atom stereocenters. The van der Waals surface area contributed by atoms with Crippen molar-refractivity contribution in [3.05, 3.63) is 36.2 Å². The van der Waals surface area contributed by atoms with Crippen LogP contribution in [-0.4, -0.2) is 16.1 Å². The Morgan fingerprint density at radius 1 is 1.25 bits per heavy atom. The van der Waals surface area contributed by atoms with Crippen LogP contribution < -0.4 is 10.5 Å². The lowest BCUT2D eigenvalue weighted by molar-refractivity contribution is 0.242. The van der Waals surface area contributed by atoms with Gasteiger partial charge in [0.05, 0.1) is 11.8 Å². The Balaban J connectivity index is 2.43. The first-order chi connectivity index (χ1) is 9.61. The maximum atomic E-state index is 5.98. The van der Waals surface area contributed by atoms with Gasteiger partial charge in [0.25, 0.3) is 0 Å². The van der Waals surface area contributed by atoms with Gasteiger partial charge in [-0.25, -0.2) is 9.97 Å². The normalized spacial score (nSPS) is 10.8. The van der Waals surface area contributed by atoms with E-state index in [-0.39, 0.29) is 6.10 Å². The summed E-state index contributed by atoms with van der Waals surface area (Å²) >= 11 is 0. The quantitative estimate of drug-likeness (QED) is 0.904. The zero-order valence-electron chi connectivity index (χ0n) is 12.3. The molecular weight excluding hydrogens is 250 g/mol. The molecule has 1 aromatic heterocycles. The van der Waals surface area contributed by atoms with Crippen molar-refractivity contribution in [2.45, 2.75) is 39.7 Å². The predicted molar refractivity (Wildman–Crippen MR) is 81.6 cm³/mol. The summed E-state index contributed by atoms with van der Waals surface area (Å²) in [6.45, 7) is 6.14. The summed E-state index contributed by atoms with van der Waals surface area (Å²) in [5, 5.41) is 0. The number of nitrogens with two attached hydrogens (primary N) is 1. The van der Waals surface area contributed by atoms with Gasteiger partial charge in [-0.15, -0.1) is 0 Å². The molecule has 0 saturated heterocycles. The van der Waals surface area contributed by atoms with Crippen LogP contribution in [0, 0.1) is 0 Å². The molecule has 2 N–H and O–H groups in total. The zero-order chi connectivity index (χ0) is 14.5. The first-order valence-corrected chi connectivity index (χ1v) is 6.98. The standard InChI is InChI=1S/C16H21N3O/c1-4-6-14-15(18-10-19-16(14)17)12-7-5-8-13(9-12)20-11(2)3/h5,7-11H,4,6H2,1-3H3,(H2,17,18,19). The molecule has 0 aliphatic heterocycles. The van der Waals surface area contributed by atoms with E-state index < -0.39 is 0 Å². The van der Waals surface area contributed by atoms with Crippen molar-refractivity contribution in [3.8, 4) is 17.0 Å². The number of hydrogen-bond donors (Lipinski definition) is 1. The van der Waals surface area contributed by atoms with Gasteiger partial charge in [-0.3, -0.25) is 0 Å². The minimum atomic E-state index is 0.149. The molecule has 0 aliphatic rings. The van der Waals surface area contributed by atoms with E-state index in [4.69, 9.17) is 10.5 Å². The highest BCUT2D eigenvalue weighted by atomic mass is 16.5. The summed E-state index contributed by atoms with van der Waals surface area (Å²) in [4.78, 5) is 8.49. The van der Waals surface area contributed by atoms with Crippen LogP contribution in [0.5, 0.6) is 5.75 Å². The highest BCUT2D eigenvalue weighted by Gasteiger charge is 2.11. The molecule has 0 spiro atoms. The maximum absolute atomic E-state index is 5.98. The molecule has 2 aromatic rings. The Morgan fingerprint density at radius 3 is 2.75 bits per heavy atom. The van der Waals surface area contributed by atoms with Crippen molar-refractivity contribution >= 4 is 5.82 Å². The van der Waals surface area contributed by atoms with E-state index in [0.717, 1.165) is 35.4 Å².